The van der Waals surface area contributed by atoms with Crippen LogP contribution in [0.15, 0.2) is 36.5 Å². The molecule has 0 radical (unpaired) electrons. The highest BCUT2D eigenvalue weighted by atomic mass is 16.6. The van der Waals surface area contributed by atoms with Crippen molar-refractivity contribution in [3.05, 3.63) is 36.5 Å². The first-order chi connectivity index (χ1) is 24.5. The highest BCUT2D eigenvalue weighted by molar-refractivity contribution is 6.38. The molecule has 14 heteroatoms. The number of amides is 6. The van der Waals surface area contributed by atoms with Crippen molar-refractivity contribution >= 4 is 41.4 Å². The standard InChI is InChI=1S/C39H62N6O8/c1-14-16-17-19-23(5)29(35(50)44(12)13)42-27(46)20-40-34(49)31(47)26(18-15-2)41-33(48)30-28-25(39(28,10)11)21-45(30)36(51)32(38(7,8)9)43-37(52)53-24(6)22(3)4/h14,16-17,19,22,24-26,28-30,32H,5,15,18,20-21H2,1-4,6-13H3,(H,40,49)(H,41,48)(H,42,46)(H,43,52)/b16-14-,19-17-/t24?,25-,26?,28?,29-,30-,32+/m0/s1. The highest BCUT2D eigenvalue weighted by Gasteiger charge is 2.70. The summed E-state index contributed by atoms with van der Waals surface area (Å²) in [5, 5.41) is 10.3. The smallest absolute Gasteiger partial charge is 0.408 e. The molecule has 0 aromatic rings. The molecule has 1 saturated heterocycles. The lowest BCUT2D eigenvalue weighted by Gasteiger charge is -2.38. The van der Waals surface area contributed by atoms with Crippen molar-refractivity contribution in [2.75, 3.05) is 27.2 Å². The molecule has 4 N–H and O–H groups in total. The number of hydrogen-bond donors (Lipinski definition) is 4. The van der Waals surface area contributed by atoms with Gasteiger partial charge in [-0.25, -0.2) is 4.79 Å². The number of ketones is 1. The maximum Gasteiger partial charge on any atom is 0.408 e. The van der Waals surface area contributed by atoms with Crippen molar-refractivity contribution in [1.82, 2.24) is 31.1 Å². The monoisotopic (exact) mass is 742 g/mol. The van der Waals surface area contributed by atoms with Crippen molar-refractivity contribution in [2.45, 2.75) is 112 Å². The molecule has 53 heavy (non-hydrogen) atoms. The maximum absolute atomic E-state index is 14.2. The highest BCUT2D eigenvalue weighted by Crippen LogP contribution is 2.65. The van der Waals surface area contributed by atoms with E-state index in [1.54, 1.807) is 38.2 Å². The number of carbonyl (C=O) groups is 7. The van der Waals surface area contributed by atoms with Crippen LogP contribution in [0.5, 0.6) is 0 Å². The minimum atomic E-state index is -1.22. The van der Waals surface area contributed by atoms with Gasteiger partial charge in [0.05, 0.1) is 12.6 Å². The normalized spacial score (nSPS) is 21.2. The van der Waals surface area contributed by atoms with Crippen LogP contribution in [-0.4, -0.2) is 109 Å². The number of likely N-dealkylation sites (tertiary alicyclic amines) is 1. The number of allylic oxidation sites excluding steroid dienone is 3. The van der Waals surface area contributed by atoms with Crippen LogP contribution in [0.3, 0.4) is 0 Å². The number of ether oxygens (including phenoxy) is 1. The fourth-order valence-corrected chi connectivity index (χ4v) is 6.47. The van der Waals surface area contributed by atoms with Crippen molar-refractivity contribution in [2.24, 2.45) is 28.6 Å². The van der Waals surface area contributed by atoms with Gasteiger partial charge in [0.1, 0.15) is 24.2 Å². The van der Waals surface area contributed by atoms with Crippen LogP contribution in [0.2, 0.25) is 0 Å². The van der Waals surface area contributed by atoms with Crippen molar-refractivity contribution in [3.8, 4) is 0 Å². The van der Waals surface area contributed by atoms with Gasteiger partial charge < -0.3 is 35.8 Å². The van der Waals surface area contributed by atoms with Crippen LogP contribution in [0, 0.1) is 28.6 Å². The Morgan fingerprint density at radius 1 is 1.00 bits per heavy atom. The van der Waals surface area contributed by atoms with E-state index in [1.807, 2.05) is 55.4 Å². The Morgan fingerprint density at radius 3 is 2.15 bits per heavy atom. The average Bonchev–Trinajstić information content (AvgIpc) is 3.37. The lowest BCUT2D eigenvalue weighted by atomic mass is 9.85. The van der Waals surface area contributed by atoms with E-state index in [0.717, 1.165) is 0 Å². The zero-order valence-electron chi connectivity index (χ0n) is 33.6. The van der Waals surface area contributed by atoms with Gasteiger partial charge in [-0.15, -0.1) is 0 Å². The molecule has 296 valence electrons. The lowest BCUT2D eigenvalue weighted by Crippen LogP contribution is -2.60. The predicted molar refractivity (Wildman–Crippen MR) is 202 cm³/mol. The molecule has 3 unspecified atom stereocenters. The second-order valence-electron chi connectivity index (χ2n) is 16.3. The SMILES string of the molecule is C=C(/C=C\C=C/C)[C@H](NC(=O)CNC(=O)C(=O)C(CCC)NC(=O)[C@@H]1C2[C@H](CN1C(=O)[C@@H](NC(=O)OC(C)C(C)C)C(C)(C)C)C2(C)C)C(=O)N(C)C. The summed E-state index contributed by atoms with van der Waals surface area (Å²) in [5.41, 5.74) is -0.667. The number of piperidine rings is 1. The largest absolute Gasteiger partial charge is 0.446 e. The summed E-state index contributed by atoms with van der Waals surface area (Å²) < 4.78 is 5.49. The molecule has 0 aromatic carbocycles. The lowest BCUT2D eigenvalue weighted by molar-refractivity contribution is -0.145. The average molecular weight is 743 g/mol. The van der Waals surface area contributed by atoms with Gasteiger partial charge in [-0.2, -0.15) is 0 Å². The Morgan fingerprint density at radius 2 is 1.62 bits per heavy atom. The van der Waals surface area contributed by atoms with Crippen molar-refractivity contribution in [1.29, 1.82) is 0 Å². The fraction of sp³-hybridized carbons (Fsp3) is 0.667. The zero-order valence-corrected chi connectivity index (χ0v) is 33.6. The van der Waals surface area contributed by atoms with Crippen LogP contribution in [-0.2, 0) is 33.5 Å². The van der Waals surface area contributed by atoms with Crippen LogP contribution < -0.4 is 21.3 Å². The minimum absolute atomic E-state index is 0.0238. The van der Waals surface area contributed by atoms with E-state index in [4.69, 9.17) is 4.74 Å². The van der Waals surface area contributed by atoms with E-state index in [0.29, 0.717) is 12.0 Å². The van der Waals surface area contributed by atoms with Gasteiger partial charge in [-0.3, -0.25) is 28.8 Å². The van der Waals surface area contributed by atoms with Crippen molar-refractivity contribution in [3.63, 3.8) is 0 Å². The Labute approximate surface area is 314 Å². The molecule has 2 fully saturated rings. The molecule has 1 heterocycles. The van der Waals surface area contributed by atoms with Gasteiger partial charge in [-0.1, -0.05) is 92.7 Å². The minimum Gasteiger partial charge on any atom is -0.446 e. The Kier molecular flexibility index (Phi) is 15.6. The first kappa shape index (κ1) is 44.7. The van der Waals surface area contributed by atoms with E-state index >= 15 is 0 Å². The summed E-state index contributed by atoms with van der Waals surface area (Å²) in [6.45, 7) is 22.2. The zero-order chi connectivity index (χ0) is 40.6. The number of hydrogen-bond acceptors (Lipinski definition) is 8. The molecule has 1 saturated carbocycles. The summed E-state index contributed by atoms with van der Waals surface area (Å²) in [6, 6.07) is -4.28. The van der Waals surface area contributed by atoms with Gasteiger partial charge in [0.15, 0.2) is 0 Å². The first-order valence-electron chi connectivity index (χ1n) is 18.4. The fourth-order valence-electron chi connectivity index (χ4n) is 6.47. The second-order valence-corrected chi connectivity index (χ2v) is 16.3. The van der Waals surface area contributed by atoms with E-state index < -0.39 is 77.5 Å². The topological polar surface area (TPSA) is 183 Å². The molecule has 6 amide bonds. The number of nitrogens with one attached hydrogen (secondary N) is 4. The number of rotatable bonds is 17. The molecule has 14 nitrogen and oxygen atoms in total. The van der Waals surface area contributed by atoms with Gasteiger partial charge in [-0.05, 0) is 54.4 Å². The number of likely N-dealkylation sites (N-methyl/N-ethyl adjacent to an activating group) is 1. The molecule has 2 aliphatic rings. The third-order valence-electron chi connectivity index (χ3n) is 10.2. The van der Waals surface area contributed by atoms with E-state index in [1.165, 1.54) is 23.9 Å². The van der Waals surface area contributed by atoms with Gasteiger partial charge in [0, 0.05) is 20.6 Å². The number of fused-ring (bicyclic) bond motifs is 1. The van der Waals surface area contributed by atoms with E-state index in [9.17, 15) is 33.6 Å². The molecule has 0 aromatic heterocycles. The molecule has 0 bridgehead atoms. The number of alkyl carbamates (subject to hydrolysis) is 1. The second kappa shape index (κ2) is 18.5. The Bertz CT molecular complexity index is 1480. The number of nitrogens with zero attached hydrogens (tertiary/aromatic N) is 2. The van der Waals surface area contributed by atoms with Crippen LogP contribution in [0.4, 0.5) is 4.79 Å². The maximum atomic E-state index is 14.2. The summed E-state index contributed by atoms with van der Waals surface area (Å²) in [7, 11) is 3.06. The third-order valence-corrected chi connectivity index (χ3v) is 10.2. The first-order valence-corrected chi connectivity index (χ1v) is 18.4. The summed E-state index contributed by atoms with van der Waals surface area (Å²) in [5.74, 6) is -4.33. The Hall–Kier alpha value is -4.49. The summed E-state index contributed by atoms with van der Waals surface area (Å²) >= 11 is 0. The molecule has 7 atom stereocenters. The molecule has 1 aliphatic carbocycles. The number of Topliss-reactive ketones (excluding diaryl/α,β-unsaturated/α-hetero) is 1. The summed E-state index contributed by atoms with van der Waals surface area (Å²) in [6.07, 6.45) is 6.23. The van der Waals surface area contributed by atoms with Gasteiger partial charge >= 0.3 is 6.09 Å². The van der Waals surface area contributed by atoms with E-state index in [-0.39, 0.29) is 42.2 Å². The third kappa shape index (κ3) is 11.5. The van der Waals surface area contributed by atoms with Crippen LogP contribution in [0.1, 0.15) is 82.1 Å². The van der Waals surface area contributed by atoms with Gasteiger partial charge in [0.25, 0.3) is 5.91 Å². The summed E-state index contributed by atoms with van der Waals surface area (Å²) in [4.78, 5) is 95.9. The van der Waals surface area contributed by atoms with Crippen LogP contribution >= 0.6 is 0 Å². The van der Waals surface area contributed by atoms with Crippen molar-refractivity contribution < 1.29 is 38.3 Å². The van der Waals surface area contributed by atoms with Gasteiger partial charge in [0.2, 0.25) is 29.4 Å². The quantitative estimate of drug-likeness (QED) is 0.130. The van der Waals surface area contributed by atoms with E-state index in [2.05, 4.69) is 27.8 Å². The molecule has 0 spiro atoms. The predicted octanol–water partition coefficient (Wildman–Crippen LogP) is 2.89. The van der Waals surface area contributed by atoms with Crippen LogP contribution in [0.25, 0.3) is 0 Å². The molecular weight excluding hydrogens is 680 g/mol. The molecule has 1 aliphatic heterocycles. The molecular formula is C39H62N6O8. The molecule has 2 rings (SSSR count). The Balaban J connectivity index is 2.21. The number of carbonyl (C=O) groups excluding carboxylic acids is 7.